The maximum absolute atomic E-state index is 13.2. The minimum Gasteiger partial charge on any atom is -0.454 e. The Bertz CT molecular complexity index is 713. The van der Waals surface area contributed by atoms with Crippen LogP contribution in [0.25, 0.3) is 0 Å². The molecule has 4 aliphatic rings. The first-order valence-electron chi connectivity index (χ1n) is 10.0. The highest BCUT2D eigenvalue weighted by Gasteiger charge is 2.55. The van der Waals surface area contributed by atoms with E-state index in [9.17, 15) is 9.59 Å². The van der Waals surface area contributed by atoms with Gasteiger partial charge < -0.3 is 4.74 Å². The number of nitrogens with zero attached hydrogens (tertiary/aromatic N) is 2. The second kappa shape index (κ2) is 6.21. The van der Waals surface area contributed by atoms with Crippen LogP contribution in [0.1, 0.15) is 62.4 Å². The minimum absolute atomic E-state index is 0.171. The van der Waals surface area contributed by atoms with E-state index in [4.69, 9.17) is 4.74 Å². The number of hydrogen-bond donors (Lipinski definition) is 0. The Kier molecular flexibility index (Phi) is 4.24. The number of ketones is 1. The number of rotatable bonds is 5. The van der Waals surface area contributed by atoms with Crippen molar-refractivity contribution >= 4 is 11.8 Å². The summed E-state index contributed by atoms with van der Waals surface area (Å²) >= 11 is 0. The second-order valence-electron chi connectivity index (χ2n) is 9.14. The van der Waals surface area contributed by atoms with Gasteiger partial charge in [0.25, 0.3) is 0 Å². The van der Waals surface area contributed by atoms with Gasteiger partial charge in [0.1, 0.15) is 0 Å². The highest BCUT2D eigenvalue weighted by Crippen LogP contribution is 2.60. The molecule has 5 heteroatoms. The maximum Gasteiger partial charge on any atom is 0.311 e. The van der Waals surface area contributed by atoms with E-state index in [1.165, 1.54) is 19.3 Å². The van der Waals surface area contributed by atoms with E-state index in [1.54, 1.807) is 11.6 Å². The monoisotopic (exact) mass is 358 g/mol. The van der Waals surface area contributed by atoms with Gasteiger partial charge in [0.15, 0.2) is 11.9 Å². The van der Waals surface area contributed by atoms with Crippen LogP contribution in [0.15, 0.2) is 0 Å². The van der Waals surface area contributed by atoms with Crippen molar-refractivity contribution in [1.29, 1.82) is 0 Å². The fraction of sp³-hybridized carbons (Fsp3) is 0.762. The van der Waals surface area contributed by atoms with Crippen molar-refractivity contribution in [2.24, 2.45) is 30.2 Å². The molecule has 0 aliphatic heterocycles. The lowest BCUT2D eigenvalue weighted by Crippen LogP contribution is -2.52. The molecule has 1 atom stereocenters. The molecule has 0 amide bonds. The van der Waals surface area contributed by atoms with Crippen LogP contribution in [-0.2, 0) is 27.8 Å². The Morgan fingerprint density at radius 2 is 1.69 bits per heavy atom. The number of ether oxygens (including phenoxy) is 1. The van der Waals surface area contributed by atoms with Gasteiger partial charge in [-0.25, -0.2) is 0 Å². The van der Waals surface area contributed by atoms with Crippen LogP contribution < -0.4 is 0 Å². The molecule has 1 aromatic heterocycles. The predicted molar refractivity (Wildman–Crippen MR) is 97.6 cm³/mol. The second-order valence-corrected chi connectivity index (χ2v) is 9.14. The lowest BCUT2D eigenvalue weighted by molar-refractivity contribution is -0.164. The Balaban J connectivity index is 1.42. The van der Waals surface area contributed by atoms with E-state index in [0.29, 0.717) is 17.8 Å². The van der Waals surface area contributed by atoms with E-state index in [2.05, 4.69) is 5.10 Å². The summed E-state index contributed by atoms with van der Waals surface area (Å²) in [6, 6.07) is 0. The van der Waals surface area contributed by atoms with E-state index in [1.807, 2.05) is 20.9 Å². The van der Waals surface area contributed by atoms with Gasteiger partial charge in [0.2, 0.25) is 0 Å². The fourth-order valence-corrected chi connectivity index (χ4v) is 6.35. The van der Waals surface area contributed by atoms with Crippen LogP contribution in [0, 0.1) is 37.0 Å². The molecule has 4 aliphatic carbocycles. The average molecular weight is 358 g/mol. The summed E-state index contributed by atoms with van der Waals surface area (Å²) in [5.74, 6) is 2.00. The molecule has 1 heterocycles. The number of carbonyl (C=O) groups excluding carboxylic acids is 2. The smallest absolute Gasteiger partial charge is 0.311 e. The number of Topliss-reactive ketones (excluding diaryl/α,β-unsaturated/α-hetero) is 1. The highest BCUT2D eigenvalue weighted by molar-refractivity contribution is 5.91. The van der Waals surface area contributed by atoms with Crippen molar-refractivity contribution in [2.45, 2.75) is 71.8 Å². The van der Waals surface area contributed by atoms with Crippen molar-refractivity contribution < 1.29 is 14.3 Å². The van der Waals surface area contributed by atoms with E-state index < -0.39 is 6.10 Å². The normalized spacial score (nSPS) is 33.3. The van der Waals surface area contributed by atoms with E-state index in [0.717, 1.165) is 36.2 Å². The first-order valence-corrected chi connectivity index (χ1v) is 10.0. The van der Waals surface area contributed by atoms with Crippen LogP contribution in [0.3, 0.4) is 0 Å². The van der Waals surface area contributed by atoms with Gasteiger partial charge in [-0.05, 0) is 77.0 Å². The lowest BCUT2D eigenvalue weighted by atomic mass is 9.48. The van der Waals surface area contributed by atoms with Gasteiger partial charge in [0, 0.05) is 23.7 Å². The van der Waals surface area contributed by atoms with Gasteiger partial charge in [-0.15, -0.1) is 0 Å². The molecule has 4 bridgehead atoms. The minimum atomic E-state index is -0.643. The number of hydrogen-bond acceptors (Lipinski definition) is 4. The van der Waals surface area contributed by atoms with E-state index >= 15 is 0 Å². The first kappa shape index (κ1) is 17.7. The topological polar surface area (TPSA) is 61.2 Å². The molecule has 1 aromatic rings. The molecule has 142 valence electrons. The molecule has 0 spiro atoms. The van der Waals surface area contributed by atoms with Crippen LogP contribution in [0.5, 0.6) is 0 Å². The highest BCUT2D eigenvalue weighted by atomic mass is 16.5. The van der Waals surface area contributed by atoms with E-state index in [-0.39, 0.29) is 23.6 Å². The van der Waals surface area contributed by atoms with Crippen LogP contribution in [0.2, 0.25) is 0 Å². The lowest BCUT2D eigenvalue weighted by Gasteiger charge is -2.56. The molecule has 0 N–H and O–H groups in total. The third-order valence-corrected chi connectivity index (χ3v) is 7.22. The summed E-state index contributed by atoms with van der Waals surface area (Å²) in [7, 11) is 1.87. The zero-order valence-electron chi connectivity index (χ0n) is 16.4. The number of carbonyl (C=O) groups is 2. The number of aromatic nitrogens is 2. The van der Waals surface area contributed by atoms with Crippen LogP contribution in [0.4, 0.5) is 0 Å². The molecule has 26 heavy (non-hydrogen) atoms. The Morgan fingerprint density at radius 3 is 2.15 bits per heavy atom. The van der Waals surface area contributed by atoms with Gasteiger partial charge in [0.05, 0.1) is 12.1 Å². The SMILES string of the molecule is Cc1nn(C)c(C)c1CC(=O)O[C@H](C)C(=O)C12CC3CC(CC(C3)C1)C2. The Labute approximate surface area is 155 Å². The van der Waals surface area contributed by atoms with Crippen molar-refractivity contribution in [3.63, 3.8) is 0 Å². The average Bonchev–Trinajstić information content (AvgIpc) is 2.79. The summed E-state index contributed by atoms with van der Waals surface area (Å²) < 4.78 is 7.38. The third-order valence-electron chi connectivity index (χ3n) is 7.22. The molecule has 0 unspecified atom stereocenters. The predicted octanol–water partition coefficient (Wildman–Crippen LogP) is 3.30. The quantitative estimate of drug-likeness (QED) is 0.758. The molecule has 0 radical (unpaired) electrons. The molecular formula is C21H30N2O3. The molecule has 5 rings (SSSR count). The summed E-state index contributed by atoms with van der Waals surface area (Å²) in [5, 5.41) is 4.35. The molecule has 5 nitrogen and oxygen atoms in total. The largest absolute Gasteiger partial charge is 0.454 e. The number of esters is 1. The van der Waals surface area contributed by atoms with Gasteiger partial charge >= 0.3 is 5.97 Å². The summed E-state index contributed by atoms with van der Waals surface area (Å²) in [6.07, 6.45) is 6.50. The Hall–Kier alpha value is -1.65. The first-order chi connectivity index (χ1) is 12.3. The van der Waals surface area contributed by atoms with Crippen molar-refractivity contribution in [3.8, 4) is 0 Å². The zero-order valence-corrected chi connectivity index (χ0v) is 16.4. The molecule has 4 saturated carbocycles. The van der Waals surface area contributed by atoms with Crippen LogP contribution >= 0.6 is 0 Å². The zero-order chi connectivity index (χ0) is 18.6. The summed E-state index contributed by atoms with van der Waals surface area (Å²) in [5.41, 5.74) is 2.52. The number of aryl methyl sites for hydroxylation is 2. The molecule has 0 saturated heterocycles. The molecule has 0 aromatic carbocycles. The van der Waals surface area contributed by atoms with Crippen LogP contribution in [-0.4, -0.2) is 27.6 Å². The standard InChI is InChI=1S/C21H30N2O3/c1-12-18(13(2)23(4)22-12)8-19(24)26-14(3)20(25)21-9-15-5-16(10-21)7-17(6-15)11-21/h14-17H,5-11H2,1-4H3/t14-,15?,16?,17?,21?/m1/s1. The van der Waals surface area contributed by atoms with Gasteiger partial charge in [-0.3, -0.25) is 14.3 Å². The van der Waals surface area contributed by atoms with Gasteiger partial charge in [-0.1, -0.05) is 0 Å². The van der Waals surface area contributed by atoms with Crippen molar-refractivity contribution in [1.82, 2.24) is 9.78 Å². The van der Waals surface area contributed by atoms with Crippen molar-refractivity contribution in [2.75, 3.05) is 0 Å². The molecule has 4 fully saturated rings. The summed E-state index contributed by atoms with van der Waals surface area (Å²) in [6.45, 7) is 5.62. The maximum atomic E-state index is 13.2. The summed E-state index contributed by atoms with van der Waals surface area (Å²) in [4.78, 5) is 25.7. The third kappa shape index (κ3) is 2.89. The fourth-order valence-electron chi connectivity index (χ4n) is 6.35. The van der Waals surface area contributed by atoms with Gasteiger partial charge in [-0.2, -0.15) is 5.10 Å². The Morgan fingerprint density at radius 1 is 1.15 bits per heavy atom. The van der Waals surface area contributed by atoms with Crippen molar-refractivity contribution in [3.05, 3.63) is 17.0 Å². The molecular weight excluding hydrogens is 328 g/mol.